The molecular formula is C64H116O6P2Si4. The molecule has 10 saturated carbocycles. The average molecular weight is 1160 g/mol. The summed E-state index contributed by atoms with van der Waals surface area (Å²) < 4.78 is 47.8. The van der Waals surface area contributed by atoms with Crippen molar-refractivity contribution < 1.29 is 27.1 Å². The summed E-state index contributed by atoms with van der Waals surface area (Å²) in [6, 6.07) is 0. The molecule has 0 aromatic rings. The summed E-state index contributed by atoms with van der Waals surface area (Å²) >= 11 is 0. The van der Waals surface area contributed by atoms with Crippen LogP contribution in [0.3, 0.4) is 0 Å². The molecule has 12 fully saturated rings. The number of hydrogen-bond acceptors (Lipinski definition) is 6. The Hall–Kier alpha value is 1.49. The lowest BCUT2D eigenvalue weighted by Crippen LogP contribution is -2.58. The van der Waals surface area contributed by atoms with Crippen LogP contribution in [0.4, 0.5) is 0 Å². The van der Waals surface area contributed by atoms with Crippen LogP contribution < -0.4 is 0 Å². The van der Waals surface area contributed by atoms with Crippen LogP contribution in [0.5, 0.6) is 0 Å². The first kappa shape index (κ1) is 57.9. The van der Waals surface area contributed by atoms with E-state index in [4.69, 9.17) is 27.1 Å². The first-order chi connectivity index (χ1) is 36.2. The Morgan fingerprint density at radius 2 is 0.487 bits per heavy atom. The fraction of sp³-hybridized carbons (Fsp3) is 1.00. The lowest BCUT2D eigenvalue weighted by Gasteiger charge is -2.59. The smallest absolute Gasteiger partial charge is 0.309 e. The van der Waals surface area contributed by atoms with Crippen molar-refractivity contribution in [2.75, 3.05) is 0 Å². The van der Waals surface area contributed by atoms with Crippen LogP contribution in [0.2, 0.25) is 101 Å². The zero-order valence-electron chi connectivity index (χ0n) is 51.0. The minimum absolute atomic E-state index is 0.171. The molecule has 0 spiro atoms. The minimum Gasteiger partial charge on any atom is -0.309 e. The predicted molar refractivity (Wildman–Crippen MR) is 330 cm³/mol. The maximum atomic E-state index is 8.00. The van der Waals surface area contributed by atoms with Gasteiger partial charge >= 0.3 is 17.2 Å². The molecule has 0 aromatic heterocycles. The highest BCUT2D eigenvalue weighted by Gasteiger charge is 2.65. The van der Waals surface area contributed by atoms with Gasteiger partial charge in [0.05, 0.1) is 68.9 Å². The molecule has 24 unspecified atom stereocenters. The van der Waals surface area contributed by atoms with Crippen molar-refractivity contribution in [2.24, 2.45) is 82.9 Å². The monoisotopic (exact) mass is 1150 g/mol. The summed E-state index contributed by atoms with van der Waals surface area (Å²) in [5.41, 5.74) is 2.74. The molecule has 434 valence electrons. The molecule has 12 rings (SSSR count). The molecule has 0 amide bonds. The van der Waals surface area contributed by atoms with E-state index in [0.29, 0.717) is 82.1 Å². The Balaban J connectivity index is 0.865. The highest BCUT2D eigenvalue weighted by Crippen LogP contribution is 2.71. The standard InChI is InChI=1S/C64H116O6P2Si4/c1-73(2,3)53-37-41-25-13-17-29-45(41)57-58-46-30-18-14-26-42(46)38-54(74(4,5)6)62(58)68-71(67-61(53)57)65-51-35-23-21-33-49(51)50-34-22-24-36-52(50)66-72-69-63-55(75(7,8)9)39-43-27-15-19-31-47(43)59(63)60-48-32-20-16-28-44(48)40-56(64(60)70-72)76(10,11)12/h41-64H,13-40H2,1-12H3/t41?,42?,43?,44?,45?,46?,47?,48?,49?,50?,51?,52?,53-,54?,55-,56?,57?,58?,59?,60?,61?,62?,63?,64?,71?,72?/m1/s1. The lowest BCUT2D eigenvalue weighted by atomic mass is 9.53. The number of fused-ring (bicyclic) bond motifs is 14. The highest BCUT2D eigenvalue weighted by molar-refractivity contribution is 7.42. The molecule has 12 aliphatic rings. The van der Waals surface area contributed by atoms with Crippen LogP contribution >= 0.6 is 17.2 Å². The topological polar surface area (TPSA) is 55.4 Å². The van der Waals surface area contributed by atoms with E-state index in [9.17, 15) is 0 Å². The van der Waals surface area contributed by atoms with Gasteiger partial charge in [0.2, 0.25) is 0 Å². The van der Waals surface area contributed by atoms with E-state index in [-0.39, 0.29) is 12.2 Å². The highest BCUT2D eigenvalue weighted by atomic mass is 31.2. The number of hydrogen-bond donors (Lipinski definition) is 0. The third-order valence-electron chi connectivity index (χ3n) is 25.8. The molecule has 0 bridgehead atoms. The molecule has 6 nitrogen and oxygen atoms in total. The third kappa shape index (κ3) is 11.4. The van der Waals surface area contributed by atoms with Crippen molar-refractivity contribution in [3.63, 3.8) is 0 Å². The summed E-state index contributed by atoms with van der Waals surface area (Å²) in [5.74, 6) is 10.3. The molecule has 76 heavy (non-hydrogen) atoms. The van der Waals surface area contributed by atoms with Crippen molar-refractivity contribution in [2.45, 2.75) is 317 Å². The summed E-state index contributed by atoms with van der Waals surface area (Å²) in [6.07, 6.45) is 40.1. The van der Waals surface area contributed by atoms with Gasteiger partial charge in [0.25, 0.3) is 0 Å². The lowest BCUT2D eigenvalue weighted by molar-refractivity contribution is -0.0866. The van der Waals surface area contributed by atoms with Gasteiger partial charge < -0.3 is 27.1 Å². The van der Waals surface area contributed by atoms with Gasteiger partial charge in [0.15, 0.2) is 0 Å². The van der Waals surface area contributed by atoms with E-state index < -0.39 is 49.5 Å². The van der Waals surface area contributed by atoms with E-state index in [1.807, 2.05) is 0 Å². The summed E-state index contributed by atoms with van der Waals surface area (Å²) in [4.78, 5) is 0. The second-order valence-corrected chi connectivity index (χ2v) is 57.9. The number of rotatable bonds is 9. The fourth-order valence-corrected chi connectivity index (χ4v) is 35.1. The van der Waals surface area contributed by atoms with Crippen molar-refractivity contribution in [1.82, 2.24) is 0 Å². The molecule has 0 radical (unpaired) electrons. The van der Waals surface area contributed by atoms with Gasteiger partial charge in [-0.3, -0.25) is 0 Å². The maximum absolute atomic E-state index is 8.00. The van der Waals surface area contributed by atoms with Gasteiger partial charge in [-0.05, 0) is 182 Å². The van der Waals surface area contributed by atoms with Crippen LogP contribution in [-0.4, -0.2) is 68.9 Å². The van der Waals surface area contributed by atoms with Gasteiger partial charge in [0.1, 0.15) is 0 Å². The molecular weight excluding hydrogens is 1040 g/mol. The van der Waals surface area contributed by atoms with E-state index in [1.165, 1.54) is 167 Å². The van der Waals surface area contributed by atoms with Crippen molar-refractivity contribution in [1.29, 1.82) is 0 Å². The Kier molecular flexibility index (Phi) is 17.6. The minimum atomic E-state index is -1.59. The SMILES string of the molecule is C[Si](C)(C)C1CC2CCCCC2C2C1OP(OC1CCCCC1C1CCCCC1OP1OC3C(C4CCCCC4CC3[Si](C)(C)C)C3C4CCCCC4C[C@@H]([Si](C)(C)C)C3O1)OC1C2C2CCCCC2C[C@H]1[Si](C)(C)C. The largest absolute Gasteiger partial charge is 0.333 e. The molecule has 12 heteroatoms. The van der Waals surface area contributed by atoms with Crippen LogP contribution in [0.15, 0.2) is 0 Å². The van der Waals surface area contributed by atoms with Gasteiger partial charge in [-0.25, -0.2) is 0 Å². The van der Waals surface area contributed by atoms with Crippen LogP contribution in [0, 0.1) is 82.9 Å². The molecule has 2 aliphatic heterocycles. The zero-order chi connectivity index (χ0) is 53.1. The molecule has 2 heterocycles. The second kappa shape index (κ2) is 23.1. The van der Waals surface area contributed by atoms with E-state index in [0.717, 1.165) is 60.2 Å². The third-order valence-corrected chi connectivity index (χ3v) is 39.6. The Morgan fingerprint density at radius 1 is 0.276 bits per heavy atom. The summed E-state index contributed by atoms with van der Waals surface area (Å²) in [7, 11) is -9.35. The van der Waals surface area contributed by atoms with Crippen molar-refractivity contribution in [3.05, 3.63) is 0 Å². The van der Waals surface area contributed by atoms with Crippen molar-refractivity contribution in [3.8, 4) is 0 Å². The molecule has 2 saturated heterocycles. The molecule has 10 aliphatic carbocycles. The summed E-state index contributed by atoms with van der Waals surface area (Å²) in [6.45, 7) is 32.4. The first-order valence-electron chi connectivity index (χ1n) is 33.8. The Labute approximate surface area is 473 Å². The normalized spacial score (nSPS) is 50.4. The van der Waals surface area contributed by atoms with Crippen molar-refractivity contribution >= 4 is 49.5 Å². The van der Waals surface area contributed by atoms with Crippen LogP contribution in [-0.2, 0) is 27.1 Å². The second-order valence-electron chi connectivity index (χ2n) is 33.9. The van der Waals surface area contributed by atoms with Gasteiger partial charge in [-0.2, -0.15) is 0 Å². The van der Waals surface area contributed by atoms with E-state index >= 15 is 0 Å². The van der Waals surface area contributed by atoms with Crippen LogP contribution in [0.1, 0.15) is 180 Å². The van der Waals surface area contributed by atoms with Gasteiger partial charge in [-0.1, -0.05) is 181 Å². The molecule has 26 atom stereocenters. The van der Waals surface area contributed by atoms with Gasteiger partial charge in [-0.15, -0.1) is 0 Å². The molecule has 0 N–H and O–H groups in total. The van der Waals surface area contributed by atoms with E-state index in [1.54, 1.807) is 0 Å². The average Bonchev–Trinajstić information content (AvgIpc) is 3.72. The van der Waals surface area contributed by atoms with Gasteiger partial charge in [0, 0.05) is 0 Å². The summed E-state index contributed by atoms with van der Waals surface area (Å²) in [5, 5.41) is 0. The molecule has 0 aromatic carbocycles. The first-order valence-corrected chi connectivity index (χ1v) is 50.3. The quantitative estimate of drug-likeness (QED) is 0.169. The van der Waals surface area contributed by atoms with E-state index in [2.05, 4.69) is 78.6 Å². The Morgan fingerprint density at radius 3 is 0.724 bits per heavy atom. The van der Waals surface area contributed by atoms with Crippen LogP contribution in [0.25, 0.3) is 0 Å². The zero-order valence-corrected chi connectivity index (χ0v) is 56.8. The Bertz CT molecular complexity index is 1710. The predicted octanol–water partition coefficient (Wildman–Crippen LogP) is 20.3. The fourth-order valence-electron chi connectivity index (χ4n) is 22.3. The maximum Gasteiger partial charge on any atom is 0.333 e.